The third-order valence-corrected chi connectivity index (χ3v) is 3.08. The molecule has 0 saturated heterocycles. The summed E-state index contributed by atoms with van der Waals surface area (Å²) in [6.45, 7) is 0. The highest BCUT2D eigenvalue weighted by Crippen LogP contribution is 2.28. The van der Waals surface area contributed by atoms with E-state index < -0.39 is 0 Å². The highest BCUT2D eigenvalue weighted by molar-refractivity contribution is 8.18. The quantitative estimate of drug-likeness (QED) is 0.683. The fourth-order valence-corrected chi connectivity index (χ4v) is 2.36. The Morgan fingerprint density at radius 2 is 2.25 bits per heavy atom. The van der Waals surface area contributed by atoms with Crippen molar-refractivity contribution in [2.45, 2.75) is 0 Å². The van der Waals surface area contributed by atoms with Crippen LogP contribution in [0, 0.1) is 0 Å². The van der Waals surface area contributed by atoms with Gasteiger partial charge in [0.2, 0.25) is 5.12 Å². The van der Waals surface area contributed by atoms with Gasteiger partial charge in [0.05, 0.1) is 0 Å². The minimum Gasteiger partial charge on any atom is -0.282 e. The summed E-state index contributed by atoms with van der Waals surface area (Å²) in [6.07, 6.45) is 5.48. The van der Waals surface area contributed by atoms with Gasteiger partial charge in [-0.2, -0.15) is 0 Å². The Bertz CT molecular complexity index is 347. The molecule has 0 aliphatic carbocycles. The molecule has 1 aliphatic heterocycles. The molecule has 0 saturated carbocycles. The highest BCUT2D eigenvalue weighted by atomic mass is 32.2. The second-order valence-electron chi connectivity index (χ2n) is 2.32. The molecule has 0 bridgehead atoms. The van der Waals surface area contributed by atoms with Crippen molar-refractivity contribution in [2.24, 2.45) is 0 Å². The summed E-state index contributed by atoms with van der Waals surface area (Å²) in [6, 6.07) is 4.04. The predicted octanol–water partition coefficient (Wildman–Crippen LogP) is 2.92. The van der Waals surface area contributed by atoms with E-state index in [9.17, 15) is 4.79 Å². The molecule has 0 spiro atoms. The van der Waals surface area contributed by atoms with Gasteiger partial charge >= 0.3 is 0 Å². The molecule has 0 unspecified atom stereocenters. The third kappa shape index (κ3) is 1.68. The standard InChI is InChI=1S/C9H6OS2/c10-9-4-3-8(12-9)6-7-2-1-5-11-7/h1-6H. The van der Waals surface area contributed by atoms with Crippen molar-refractivity contribution in [3.63, 3.8) is 0 Å². The number of thioether (sulfide) groups is 1. The Kier molecular flexibility index (Phi) is 2.15. The molecule has 0 aromatic carbocycles. The number of hydrogen-bond acceptors (Lipinski definition) is 3. The van der Waals surface area contributed by atoms with Crippen LogP contribution in [0.3, 0.4) is 0 Å². The molecule has 0 atom stereocenters. The van der Waals surface area contributed by atoms with E-state index in [2.05, 4.69) is 0 Å². The van der Waals surface area contributed by atoms with Crippen LogP contribution in [-0.4, -0.2) is 5.12 Å². The average molecular weight is 194 g/mol. The number of carbonyl (C=O) groups is 1. The van der Waals surface area contributed by atoms with Gasteiger partial charge in [-0.15, -0.1) is 11.3 Å². The van der Waals surface area contributed by atoms with E-state index >= 15 is 0 Å². The summed E-state index contributed by atoms with van der Waals surface area (Å²) in [5.41, 5.74) is 0. The summed E-state index contributed by atoms with van der Waals surface area (Å²) in [4.78, 5) is 13.0. The molecule has 1 nitrogen and oxygen atoms in total. The maximum atomic E-state index is 10.8. The Morgan fingerprint density at radius 3 is 2.83 bits per heavy atom. The molecule has 1 aromatic heterocycles. The van der Waals surface area contributed by atoms with Crippen LogP contribution in [0.15, 0.2) is 34.6 Å². The minimum absolute atomic E-state index is 0.123. The molecular weight excluding hydrogens is 188 g/mol. The van der Waals surface area contributed by atoms with Crippen molar-refractivity contribution in [3.8, 4) is 0 Å². The van der Waals surface area contributed by atoms with Crippen molar-refractivity contribution in [3.05, 3.63) is 39.4 Å². The van der Waals surface area contributed by atoms with Crippen LogP contribution in [-0.2, 0) is 4.79 Å². The summed E-state index contributed by atoms with van der Waals surface area (Å²) in [5, 5.41) is 2.15. The molecule has 0 N–H and O–H groups in total. The van der Waals surface area contributed by atoms with Gasteiger partial charge in [-0.1, -0.05) is 6.07 Å². The second kappa shape index (κ2) is 3.29. The lowest BCUT2D eigenvalue weighted by atomic mass is 10.4. The number of thiophene rings is 1. The maximum Gasteiger partial charge on any atom is 0.216 e. The van der Waals surface area contributed by atoms with Crippen LogP contribution in [0.25, 0.3) is 6.08 Å². The zero-order valence-corrected chi connectivity index (χ0v) is 7.82. The highest BCUT2D eigenvalue weighted by Gasteiger charge is 2.08. The summed E-state index contributed by atoms with van der Waals surface area (Å²) >= 11 is 2.96. The largest absolute Gasteiger partial charge is 0.282 e. The van der Waals surface area contributed by atoms with Gasteiger partial charge in [0.15, 0.2) is 0 Å². The fraction of sp³-hybridized carbons (Fsp3) is 0. The van der Waals surface area contributed by atoms with Crippen LogP contribution in [0.5, 0.6) is 0 Å². The lowest BCUT2D eigenvalue weighted by Gasteiger charge is -1.88. The maximum absolute atomic E-state index is 10.8. The van der Waals surface area contributed by atoms with E-state index in [1.54, 1.807) is 17.4 Å². The zero-order chi connectivity index (χ0) is 8.39. The van der Waals surface area contributed by atoms with E-state index in [0.717, 1.165) is 4.91 Å². The fourth-order valence-electron chi connectivity index (χ4n) is 0.926. The number of rotatable bonds is 1. The van der Waals surface area contributed by atoms with Crippen molar-refractivity contribution < 1.29 is 4.79 Å². The predicted molar refractivity (Wildman–Crippen MR) is 54.0 cm³/mol. The Morgan fingerprint density at radius 1 is 1.33 bits per heavy atom. The Hall–Kier alpha value is -0.800. The van der Waals surface area contributed by atoms with Crippen LogP contribution in [0.1, 0.15) is 4.88 Å². The van der Waals surface area contributed by atoms with E-state index in [0.29, 0.717) is 0 Å². The Labute approximate surface area is 78.8 Å². The van der Waals surface area contributed by atoms with Crippen molar-refractivity contribution in [1.29, 1.82) is 0 Å². The molecule has 12 heavy (non-hydrogen) atoms. The molecule has 60 valence electrons. The van der Waals surface area contributed by atoms with Crippen molar-refractivity contribution in [2.75, 3.05) is 0 Å². The van der Waals surface area contributed by atoms with E-state index in [-0.39, 0.29) is 5.12 Å². The van der Waals surface area contributed by atoms with E-state index in [1.807, 2.05) is 29.7 Å². The number of carbonyl (C=O) groups excluding carboxylic acids is 1. The molecule has 3 heteroatoms. The molecule has 1 aromatic rings. The first-order valence-corrected chi connectivity index (χ1v) is 5.19. The molecular formula is C9H6OS2. The van der Waals surface area contributed by atoms with Crippen LogP contribution >= 0.6 is 23.1 Å². The first kappa shape index (κ1) is 7.83. The van der Waals surface area contributed by atoms with Gasteiger partial charge in [-0.25, -0.2) is 0 Å². The molecule has 0 radical (unpaired) electrons. The smallest absolute Gasteiger partial charge is 0.216 e. The van der Waals surface area contributed by atoms with Gasteiger partial charge in [0.25, 0.3) is 0 Å². The van der Waals surface area contributed by atoms with Gasteiger partial charge < -0.3 is 0 Å². The molecule has 2 heterocycles. The van der Waals surface area contributed by atoms with Crippen molar-refractivity contribution >= 4 is 34.3 Å². The topological polar surface area (TPSA) is 17.1 Å². The van der Waals surface area contributed by atoms with Gasteiger partial charge in [-0.3, -0.25) is 4.79 Å². The average Bonchev–Trinajstić information content (AvgIpc) is 2.63. The summed E-state index contributed by atoms with van der Waals surface area (Å²) in [7, 11) is 0. The minimum atomic E-state index is 0.123. The molecule has 1 aliphatic rings. The molecule has 0 amide bonds. The van der Waals surface area contributed by atoms with E-state index in [4.69, 9.17) is 0 Å². The number of hydrogen-bond donors (Lipinski definition) is 0. The Balaban J connectivity index is 2.21. The first-order valence-electron chi connectivity index (χ1n) is 3.50. The van der Waals surface area contributed by atoms with Gasteiger partial charge in [-0.05, 0) is 41.4 Å². The van der Waals surface area contributed by atoms with Gasteiger partial charge in [0, 0.05) is 9.78 Å². The number of allylic oxidation sites excluding steroid dienone is 1. The van der Waals surface area contributed by atoms with Crippen LogP contribution in [0.2, 0.25) is 0 Å². The summed E-state index contributed by atoms with van der Waals surface area (Å²) < 4.78 is 0. The summed E-state index contributed by atoms with van der Waals surface area (Å²) in [5.74, 6) is 0. The third-order valence-electron chi connectivity index (χ3n) is 1.43. The zero-order valence-electron chi connectivity index (χ0n) is 6.19. The van der Waals surface area contributed by atoms with Gasteiger partial charge in [0.1, 0.15) is 0 Å². The van der Waals surface area contributed by atoms with Crippen molar-refractivity contribution in [1.82, 2.24) is 0 Å². The first-order chi connectivity index (χ1) is 5.84. The monoisotopic (exact) mass is 194 g/mol. The second-order valence-corrected chi connectivity index (χ2v) is 4.37. The van der Waals surface area contributed by atoms with Crippen LogP contribution in [0.4, 0.5) is 0 Å². The molecule has 2 rings (SSSR count). The molecule has 0 fully saturated rings. The van der Waals surface area contributed by atoms with E-state index in [1.165, 1.54) is 16.6 Å². The lowest BCUT2D eigenvalue weighted by molar-refractivity contribution is -0.106. The normalized spacial score (nSPS) is 19.3. The SMILES string of the molecule is O=C1C=CC(=Cc2cccs2)S1. The lowest BCUT2D eigenvalue weighted by Crippen LogP contribution is -1.73. The van der Waals surface area contributed by atoms with Crippen LogP contribution < -0.4 is 0 Å².